The van der Waals surface area contributed by atoms with Crippen molar-refractivity contribution in [3.63, 3.8) is 0 Å². The molecule has 0 atom stereocenters. The minimum atomic E-state index is -0.710. The molecular formula is C33H64N4O11. The van der Waals surface area contributed by atoms with Gasteiger partial charge in [-0.1, -0.05) is 55.4 Å². The van der Waals surface area contributed by atoms with Gasteiger partial charge in [-0.05, 0) is 29.1 Å². The van der Waals surface area contributed by atoms with E-state index in [1.165, 1.54) is 0 Å². The lowest BCUT2D eigenvalue weighted by atomic mass is 9.77. The lowest BCUT2D eigenvalue weighted by Gasteiger charge is -2.29. The van der Waals surface area contributed by atoms with Gasteiger partial charge < -0.3 is 49.7 Å². The normalized spacial score (nSPS) is 11.3. The smallest absolute Gasteiger partial charge is 0.407 e. The molecule has 0 aromatic carbocycles. The summed E-state index contributed by atoms with van der Waals surface area (Å²) in [5, 5.41) is 10.00. The first-order valence-corrected chi connectivity index (χ1v) is 16.5. The van der Waals surface area contributed by atoms with Crippen LogP contribution in [0, 0.1) is 22.7 Å². The number of amides is 4. The first kappa shape index (κ1) is 47.1. The zero-order valence-corrected chi connectivity index (χ0v) is 31.0. The second kappa shape index (κ2) is 27.9. The first-order valence-electron chi connectivity index (χ1n) is 16.5. The fourth-order valence-electron chi connectivity index (χ4n) is 3.19. The van der Waals surface area contributed by atoms with Crippen molar-refractivity contribution in [3.8, 4) is 0 Å². The Hall–Kier alpha value is -3.01. The van der Waals surface area contributed by atoms with Crippen molar-refractivity contribution >= 4 is 29.8 Å². The van der Waals surface area contributed by atoms with Gasteiger partial charge in [0.2, 0.25) is 11.8 Å². The van der Waals surface area contributed by atoms with E-state index in [-0.39, 0.29) is 62.0 Å². The average Bonchev–Trinajstić information content (AvgIpc) is 3.01. The molecule has 0 fully saturated rings. The molecule has 282 valence electrons. The molecular weight excluding hydrogens is 628 g/mol. The molecule has 0 saturated heterocycles. The van der Waals surface area contributed by atoms with E-state index in [4.69, 9.17) is 28.4 Å². The summed E-state index contributed by atoms with van der Waals surface area (Å²) in [6.45, 7) is 19.7. The SMILES string of the molecule is COCCOCCOC(=O)NCC(=O)NCC(=O)CC(C)(C)C(C)C.COCCOCCOC(=O)NCC(=O)NCCC(C)(C)C(C)C. The Labute approximate surface area is 287 Å². The van der Waals surface area contributed by atoms with Crippen LogP contribution in [0.4, 0.5) is 9.59 Å². The van der Waals surface area contributed by atoms with Gasteiger partial charge >= 0.3 is 12.2 Å². The topological polar surface area (TPSA) is 189 Å². The summed E-state index contributed by atoms with van der Waals surface area (Å²) in [7, 11) is 3.15. The van der Waals surface area contributed by atoms with Crippen LogP contribution < -0.4 is 21.3 Å². The molecule has 0 saturated carbocycles. The van der Waals surface area contributed by atoms with E-state index in [1.807, 2.05) is 13.8 Å². The maximum atomic E-state index is 11.9. The number of hydrogen-bond donors (Lipinski definition) is 4. The standard InChI is InChI=1S/C17H32N2O6.C16H32N2O5/c1-13(2)17(3,4)10-14(20)11-18-15(21)12-19-16(22)25-9-8-24-7-6-23-5;1-13(2)16(3,4)6-7-17-14(19)12-18-15(20)23-11-10-22-9-8-21-5/h13H,6-12H2,1-5H3,(H,18,21)(H,19,22);13H,6-12H2,1-5H3,(H,17,19)(H,18,20). The van der Waals surface area contributed by atoms with Crippen LogP contribution in [0.5, 0.6) is 0 Å². The van der Waals surface area contributed by atoms with E-state index in [2.05, 4.69) is 62.8 Å². The van der Waals surface area contributed by atoms with Crippen LogP contribution in [-0.4, -0.2) is 123 Å². The highest BCUT2D eigenvalue weighted by Crippen LogP contribution is 2.30. The first-order chi connectivity index (χ1) is 22.5. The summed E-state index contributed by atoms with van der Waals surface area (Å²) in [6.07, 6.45) is -0.0564. The maximum Gasteiger partial charge on any atom is 0.407 e. The molecule has 15 nitrogen and oxygen atoms in total. The number of carbonyl (C=O) groups excluding carboxylic acids is 5. The Morgan fingerprint density at radius 2 is 0.958 bits per heavy atom. The molecule has 0 aliphatic heterocycles. The number of nitrogens with one attached hydrogen (secondary N) is 4. The molecule has 0 rings (SSSR count). The lowest BCUT2D eigenvalue weighted by Crippen LogP contribution is -2.40. The van der Waals surface area contributed by atoms with Crippen LogP contribution >= 0.6 is 0 Å². The predicted molar refractivity (Wildman–Crippen MR) is 182 cm³/mol. The number of methoxy groups -OCH3 is 2. The van der Waals surface area contributed by atoms with Crippen molar-refractivity contribution in [1.82, 2.24) is 21.3 Å². The number of carbonyl (C=O) groups is 5. The highest BCUT2D eigenvalue weighted by Gasteiger charge is 2.25. The number of ketones is 1. The Kier molecular flexibility index (Phi) is 27.4. The second-order valence-electron chi connectivity index (χ2n) is 13.1. The Morgan fingerprint density at radius 1 is 0.542 bits per heavy atom. The average molecular weight is 693 g/mol. The van der Waals surface area contributed by atoms with Gasteiger partial charge in [0.25, 0.3) is 0 Å². The van der Waals surface area contributed by atoms with E-state index in [1.54, 1.807) is 14.2 Å². The molecule has 0 radical (unpaired) electrons. The van der Waals surface area contributed by atoms with Crippen molar-refractivity contribution in [2.75, 3.05) is 93.3 Å². The highest BCUT2D eigenvalue weighted by molar-refractivity contribution is 5.88. The van der Waals surface area contributed by atoms with Crippen molar-refractivity contribution in [2.24, 2.45) is 22.7 Å². The van der Waals surface area contributed by atoms with Gasteiger partial charge in [0.15, 0.2) is 5.78 Å². The molecule has 0 aromatic heterocycles. The fraction of sp³-hybridized carbons (Fsp3) is 0.848. The third kappa shape index (κ3) is 28.0. The summed E-state index contributed by atoms with van der Waals surface area (Å²) < 4.78 is 29.6. The number of hydrogen-bond acceptors (Lipinski definition) is 11. The Morgan fingerprint density at radius 3 is 1.38 bits per heavy atom. The third-order valence-electron chi connectivity index (χ3n) is 7.92. The predicted octanol–water partition coefficient (Wildman–Crippen LogP) is 2.70. The minimum absolute atomic E-state index is 0.0390. The van der Waals surface area contributed by atoms with Crippen molar-refractivity contribution in [1.29, 1.82) is 0 Å². The van der Waals surface area contributed by atoms with Crippen LogP contribution in [0.15, 0.2) is 0 Å². The lowest BCUT2D eigenvalue weighted by molar-refractivity contribution is -0.125. The van der Waals surface area contributed by atoms with Crippen LogP contribution in [0.25, 0.3) is 0 Å². The van der Waals surface area contributed by atoms with Gasteiger partial charge in [-0.2, -0.15) is 0 Å². The Balaban J connectivity index is 0. The summed E-state index contributed by atoms with van der Waals surface area (Å²) in [5.41, 5.74) is 0.0532. The van der Waals surface area contributed by atoms with E-state index in [9.17, 15) is 24.0 Å². The summed E-state index contributed by atoms with van der Waals surface area (Å²) >= 11 is 0. The molecule has 0 aliphatic rings. The number of ether oxygens (including phenoxy) is 6. The molecule has 4 N–H and O–H groups in total. The van der Waals surface area contributed by atoms with Crippen LogP contribution in [0.1, 0.15) is 68.2 Å². The molecule has 4 amide bonds. The zero-order valence-electron chi connectivity index (χ0n) is 31.0. The van der Waals surface area contributed by atoms with E-state index < -0.39 is 18.1 Å². The molecule has 0 bridgehead atoms. The largest absolute Gasteiger partial charge is 0.447 e. The van der Waals surface area contributed by atoms with Crippen molar-refractivity contribution < 1.29 is 52.4 Å². The third-order valence-corrected chi connectivity index (χ3v) is 7.92. The minimum Gasteiger partial charge on any atom is -0.447 e. The zero-order chi connectivity index (χ0) is 37.0. The van der Waals surface area contributed by atoms with Crippen LogP contribution in [-0.2, 0) is 42.8 Å². The summed E-state index contributed by atoms with van der Waals surface area (Å²) in [5.74, 6) is 0.199. The summed E-state index contributed by atoms with van der Waals surface area (Å²) in [6, 6.07) is 0. The van der Waals surface area contributed by atoms with E-state index in [0.717, 1.165) is 6.42 Å². The molecule has 0 heterocycles. The molecule has 48 heavy (non-hydrogen) atoms. The van der Waals surface area contributed by atoms with E-state index >= 15 is 0 Å². The van der Waals surface area contributed by atoms with Crippen LogP contribution in [0.2, 0.25) is 0 Å². The number of Topliss-reactive ketones (excluding diaryl/α,β-unsaturated/α-hetero) is 1. The van der Waals surface area contributed by atoms with Gasteiger partial charge in [0.1, 0.15) is 19.8 Å². The van der Waals surface area contributed by atoms with Gasteiger partial charge in [0.05, 0.1) is 52.7 Å². The van der Waals surface area contributed by atoms with Gasteiger partial charge in [-0.15, -0.1) is 0 Å². The molecule has 0 aliphatic carbocycles. The highest BCUT2D eigenvalue weighted by atomic mass is 16.6. The number of rotatable bonds is 25. The number of alkyl carbamates (subject to hydrolysis) is 2. The fourth-order valence-corrected chi connectivity index (χ4v) is 3.19. The monoisotopic (exact) mass is 692 g/mol. The van der Waals surface area contributed by atoms with Crippen molar-refractivity contribution in [2.45, 2.75) is 68.2 Å². The van der Waals surface area contributed by atoms with Gasteiger partial charge in [-0.3, -0.25) is 14.4 Å². The van der Waals surface area contributed by atoms with Crippen molar-refractivity contribution in [3.05, 3.63) is 0 Å². The molecule has 0 aromatic rings. The van der Waals surface area contributed by atoms with Gasteiger partial charge in [-0.25, -0.2) is 9.59 Å². The maximum absolute atomic E-state index is 11.9. The molecule has 15 heteroatoms. The van der Waals surface area contributed by atoms with Crippen LogP contribution in [0.3, 0.4) is 0 Å². The molecule has 0 spiro atoms. The Bertz CT molecular complexity index is 912. The summed E-state index contributed by atoms with van der Waals surface area (Å²) in [4.78, 5) is 57.9. The quantitative estimate of drug-likeness (QED) is 0.103. The molecule has 0 unspecified atom stereocenters. The van der Waals surface area contributed by atoms with E-state index in [0.29, 0.717) is 57.8 Å². The second-order valence-corrected chi connectivity index (χ2v) is 13.1. The van der Waals surface area contributed by atoms with Gasteiger partial charge in [0, 0.05) is 27.2 Å².